The van der Waals surface area contributed by atoms with Gasteiger partial charge in [0.2, 0.25) is 6.71 Å². The molecule has 0 atom stereocenters. The van der Waals surface area contributed by atoms with Crippen molar-refractivity contribution in [3.05, 3.63) is 338 Å². The molecule has 0 aliphatic carbocycles. The molecule has 0 bridgehead atoms. The van der Waals surface area contributed by atoms with Crippen LogP contribution in [-0.2, 0) is 0 Å². The first-order chi connectivity index (χ1) is 43.2. The highest BCUT2D eigenvalue weighted by atomic mass is 32.2. The molecule has 13 aromatic rings. The largest absolute Gasteiger partial charge is 0.458 e. The number of hydrogen-bond donors (Lipinski definition) is 0. The van der Waals surface area contributed by atoms with E-state index in [0.29, 0.717) is 0 Å². The van der Waals surface area contributed by atoms with E-state index in [0.717, 1.165) is 96.2 Å². The lowest BCUT2D eigenvalue weighted by Gasteiger charge is -2.44. The van der Waals surface area contributed by atoms with Crippen LogP contribution in [0.1, 0.15) is 22.6 Å². The van der Waals surface area contributed by atoms with E-state index < -0.39 is 0 Å². The van der Waals surface area contributed by atoms with Gasteiger partial charge in [-0.15, -0.1) is 0 Å². The maximum absolute atomic E-state index is 8.14. The number of para-hydroxylation sites is 8. The molecule has 4 aliphatic heterocycles. The van der Waals surface area contributed by atoms with Gasteiger partial charge in [0.25, 0.3) is 6.71 Å². The van der Waals surface area contributed by atoms with Gasteiger partial charge in [0.15, 0.2) is 0 Å². The molecule has 0 fully saturated rings. The Morgan fingerprint density at radius 1 is 0.322 bits per heavy atom. The molecular weight excluding hydrogens is 1070 g/mol. The summed E-state index contributed by atoms with van der Waals surface area (Å²) in [5.41, 5.74) is 24.0. The number of rotatable bonds is 11. The molecule has 0 radical (unpaired) electrons. The number of fused-ring (bicyclic) bond motifs is 8. The summed E-state index contributed by atoms with van der Waals surface area (Å²) in [4.78, 5) is 12.2. The van der Waals surface area contributed by atoms with E-state index in [-0.39, 0.29) is 19.3 Å². The first kappa shape index (κ1) is 50.8. The third kappa shape index (κ3) is 8.42. The van der Waals surface area contributed by atoms with Gasteiger partial charge < -0.3 is 24.3 Å². The SMILES string of the molecule is c1ccc(C(c2ccccc2)c2c3c(cc4c2Sc2cc(N(c5ccccc5)c5ccccc5)cc5c2B4c2ccccc2N5c2ccccc2)B2c4ccccc4N(c4ccccc4)c4cc(N(c5ccccc5)c5ccccc5)cc(c42)O3)cc1. The Morgan fingerprint density at radius 2 is 0.701 bits per heavy atom. The zero-order valence-corrected chi connectivity index (χ0v) is 48.3. The normalized spacial score (nSPS) is 12.9. The van der Waals surface area contributed by atoms with Crippen LogP contribution in [0.4, 0.5) is 68.2 Å². The molecule has 0 unspecified atom stereocenters. The van der Waals surface area contributed by atoms with Gasteiger partial charge in [-0.2, -0.15) is 0 Å². The lowest BCUT2D eigenvalue weighted by atomic mass is 9.31. The fraction of sp³-hybridized carbons (Fsp3) is 0.0127. The lowest BCUT2D eigenvalue weighted by molar-refractivity contribution is 0.478. The Bertz CT molecular complexity index is 4350. The van der Waals surface area contributed by atoms with Crippen molar-refractivity contribution in [3.8, 4) is 11.5 Å². The molecule has 0 aromatic heterocycles. The number of benzene rings is 13. The van der Waals surface area contributed by atoms with Crippen molar-refractivity contribution in [2.45, 2.75) is 15.7 Å². The van der Waals surface area contributed by atoms with Gasteiger partial charge in [0.05, 0.1) is 5.69 Å². The molecule has 87 heavy (non-hydrogen) atoms. The third-order valence-corrected chi connectivity index (χ3v) is 19.0. The van der Waals surface area contributed by atoms with Crippen LogP contribution in [0.15, 0.2) is 331 Å². The van der Waals surface area contributed by atoms with Gasteiger partial charge in [0, 0.05) is 89.9 Å². The lowest BCUT2D eigenvalue weighted by Crippen LogP contribution is -2.64. The summed E-state index contributed by atoms with van der Waals surface area (Å²) < 4.78 is 8.14. The Kier molecular flexibility index (Phi) is 12.3. The van der Waals surface area contributed by atoms with E-state index in [1.54, 1.807) is 0 Å². The van der Waals surface area contributed by atoms with Crippen LogP contribution in [0.5, 0.6) is 11.5 Å². The van der Waals surface area contributed by atoms with Gasteiger partial charge in [-0.25, -0.2) is 0 Å². The van der Waals surface area contributed by atoms with Gasteiger partial charge in [0.1, 0.15) is 11.5 Å². The molecular formula is C79H54B2N4OS. The average Bonchev–Trinajstić information content (AvgIpc) is 0.714. The monoisotopic (exact) mass is 1130 g/mol. The summed E-state index contributed by atoms with van der Waals surface area (Å²) in [6.45, 7) is -0.358. The maximum atomic E-state index is 8.14. The Morgan fingerprint density at radius 3 is 1.16 bits per heavy atom. The minimum atomic E-state index is -0.230. The molecule has 17 rings (SSSR count). The van der Waals surface area contributed by atoms with Crippen LogP contribution in [-0.4, -0.2) is 13.4 Å². The Balaban J connectivity index is 0.990. The zero-order valence-electron chi connectivity index (χ0n) is 47.4. The van der Waals surface area contributed by atoms with Gasteiger partial charge >= 0.3 is 0 Å². The van der Waals surface area contributed by atoms with Crippen molar-refractivity contribution in [1.29, 1.82) is 0 Å². The zero-order chi connectivity index (χ0) is 57.4. The average molecular weight is 1130 g/mol. The molecule has 5 nitrogen and oxygen atoms in total. The van der Waals surface area contributed by atoms with Crippen LogP contribution in [0.3, 0.4) is 0 Å². The van der Waals surface area contributed by atoms with E-state index in [1.807, 2.05) is 11.8 Å². The number of nitrogens with zero attached hydrogens (tertiary/aromatic N) is 4. The van der Waals surface area contributed by atoms with E-state index in [2.05, 4.69) is 341 Å². The Labute approximate surface area is 512 Å². The third-order valence-electron chi connectivity index (χ3n) is 17.8. The molecule has 0 saturated heterocycles. The van der Waals surface area contributed by atoms with E-state index in [9.17, 15) is 0 Å². The van der Waals surface area contributed by atoms with Crippen LogP contribution < -0.4 is 57.1 Å². The molecule has 0 saturated carbocycles. The first-order valence-corrected chi connectivity index (χ1v) is 30.7. The quantitative estimate of drug-likeness (QED) is 0.0944. The van der Waals surface area contributed by atoms with Gasteiger partial charge in [-0.3, -0.25) is 0 Å². The van der Waals surface area contributed by atoms with Crippen LogP contribution in [0.2, 0.25) is 0 Å². The van der Waals surface area contributed by atoms with Crippen molar-refractivity contribution in [2.24, 2.45) is 0 Å². The van der Waals surface area contributed by atoms with Crippen molar-refractivity contribution < 1.29 is 4.74 Å². The maximum Gasteiger partial charge on any atom is 0.256 e. The second kappa shape index (κ2) is 21.1. The summed E-state index contributed by atoms with van der Waals surface area (Å²) in [6.07, 6.45) is 0. The fourth-order valence-electron chi connectivity index (χ4n) is 14.2. The van der Waals surface area contributed by atoms with Crippen molar-refractivity contribution >= 4 is 126 Å². The fourth-order valence-corrected chi connectivity index (χ4v) is 15.6. The first-order valence-electron chi connectivity index (χ1n) is 29.9. The smallest absolute Gasteiger partial charge is 0.256 e. The molecule has 0 amide bonds. The summed E-state index contributed by atoms with van der Waals surface area (Å²) in [5, 5.41) is 0. The highest BCUT2D eigenvalue weighted by Gasteiger charge is 2.49. The Hall–Kier alpha value is -10.7. The molecule has 408 valence electrons. The number of hydrogen-bond acceptors (Lipinski definition) is 6. The second-order valence-electron chi connectivity index (χ2n) is 22.7. The van der Waals surface area contributed by atoms with Crippen LogP contribution >= 0.6 is 11.8 Å². The topological polar surface area (TPSA) is 22.2 Å². The van der Waals surface area contributed by atoms with Crippen LogP contribution in [0, 0.1) is 0 Å². The summed E-state index contributed by atoms with van der Waals surface area (Å²) >= 11 is 1.90. The number of anilines is 12. The minimum absolute atomic E-state index is 0.150. The van der Waals surface area contributed by atoms with Gasteiger partial charge in [-0.1, -0.05) is 230 Å². The van der Waals surface area contributed by atoms with E-state index in [1.165, 1.54) is 42.8 Å². The predicted octanol–water partition coefficient (Wildman–Crippen LogP) is 17.0. The molecule has 13 aromatic carbocycles. The summed E-state index contributed by atoms with van der Waals surface area (Å²) in [5.74, 6) is 1.51. The molecule has 0 spiro atoms. The van der Waals surface area contributed by atoms with Gasteiger partial charge in [-0.05, 0) is 142 Å². The molecule has 0 N–H and O–H groups in total. The molecule has 4 heterocycles. The van der Waals surface area contributed by atoms with E-state index >= 15 is 0 Å². The molecule has 4 aliphatic rings. The van der Waals surface area contributed by atoms with Crippen LogP contribution in [0.25, 0.3) is 0 Å². The standard InChI is InChI=1S/C79H54B2N4OS/c1-9-29-54(30-10-1)74(55-31-11-2-12-32-55)75-78-66(80-64-45-25-27-47-68(64)84(60-41-21-7-22-42-60)70-49-62(51-72(86-78)76(70)80)82(56-33-13-3-14-34-56)57-35-15-4-16-36-57)53-67-79(75)87-73-52-63(83(58-37-17-5-18-38-58)59-39-19-6-20-40-59)50-71-77(73)81(67)65-46-26-28-48-69(65)85(71)61-43-23-8-24-44-61/h1-53,74H. The van der Waals surface area contributed by atoms with Crippen molar-refractivity contribution in [3.63, 3.8) is 0 Å². The predicted molar refractivity (Wildman–Crippen MR) is 365 cm³/mol. The summed E-state index contributed by atoms with van der Waals surface area (Å²) in [7, 11) is 0. The summed E-state index contributed by atoms with van der Waals surface area (Å²) in [6, 6.07) is 118. The number of ether oxygens (including phenoxy) is 1. The highest BCUT2D eigenvalue weighted by Crippen LogP contribution is 2.53. The van der Waals surface area contributed by atoms with Crippen molar-refractivity contribution in [1.82, 2.24) is 0 Å². The highest BCUT2D eigenvalue weighted by molar-refractivity contribution is 8.00. The molecule has 8 heteroatoms. The second-order valence-corrected chi connectivity index (χ2v) is 23.7. The minimum Gasteiger partial charge on any atom is -0.458 e. The van der Waals surface area contributed by atoms with E-state index in [4.69, 9.17) is 4.74 Å². The van der Waals surface area contributed by atoms with Crippen molar-refractivity contribution in [2.75, 3.05) is 19.6 Å².